The zero-order chi connectivity index (χ0) is 14.4. The van der Waals surface area contributed by atoms with Crippen LogP contribution in [0.15, 0.2) is 53.7 Å². The molecule has 0 bridgehead atoms. The molecule has 3 N–H and O–H groups in total. The third kappa shape index (κ3) is 3.75. The smallest absolute Gasteiger partial charge is 0.143 e. The summed E-state index contributed by atoms with van der Waals surface area (Å²) in [5.41, 5.74) is 8.83. The molecule has 0 saturated carbocycles. The van der Waals surface area contributed by atoms with Crippen LogP contribution in [0.4, 0.5) is 0 Å². The predicted molar refractivity (Wildman–Crippen MR) is 79.1 cm³/mol. The van der Waals surface area contributed by atoms with Gasteiger partial charge in [-0.2, -0.15) is 0 Å². The van der Waals surface area contributed by atoms with Crippen molar-refractivity contribution in [2.75, 3.05) is 0 Å². The maximum absolute atomic E-state index is 8.53. The van der Waals surface area contributed by atoms with Crippen LogP contribution in [0, 0.1) is 6.92 Å². The van der Waals surface area contributed by atoms with Gasteiger partial charge in [-0.05, 0) is 35.7 Å². The number of nitrogens with zero attached hydrogens (tertiary/aromatic N) is 1. The van der Waals surface area contributed by atoms with Gasteiger partial charge in [-0.1, -0.05) is 41.6 Å². The van der Waals surface area contributed by atoms with Crippen LogP contribution in [0.25, 0.3) is 0 Å². The fourth-order valence-corrected chi connectivity index (χ4v) is 1.88. The second kappa shape index (κ2) is 6.61. The average molecular weight is 270 g/mol. The highest BCUT2D eigenvalue weighted by Gasteiger charge is 2.01. The van der Waals surface area contributed by atoms with Gasteiger partial charge in [0.05, 0.1) is 0 Å². The van der Waals surface area contributed by atoms with Crippen LogP contribution in [-0.2, 0) is 13.0 Å². The normalized spacial score (nSPS) is 11.3. The van der Waals surface area contributed by atoms with Crippen molar-refractivity contribution in [2.24, 2.45) is 10.9 Å². The molecular weight excluding hydrogens is 252 g/mol. The first kappa shape index (κ1) is 13.9. The number of benzene rings is 2. The number of rotatable bonds is 5. The number of oxime groups is 1. The second-order valence-corrected chi connectivity index (χ2v) is 4.63. The molecule has 0 aromatic heterocycles. The second-order valence-electron chi connectivity index (χ2n) is 4.63. The van der Waals surface area contributed by atoms with Crippen molar-refractivity contribution in [3.8, 4) is 5.75 Å². The van der Waals surface area contributed by atoms with Crippen molar-refractivity contribution in [1.29, 1.82) is 0 Å². The molecule has 0 saturated heterocycles. The number of ether oxygens (including phenoxy) is 1. The Morgan fingerprint density at radius 3 is 2.50 bits per heavy atom. The molecular formula is C16H18N2O2. The predicted octanol–water partition coefficient (Wildman–Crippen LogP) is 2.86. The van der Waals surface area contributed by atoms with Gasteiger partial charge in [0.2, 0.25) is 0 Å². The molecule has 0 aliphatic rings. The zero-order valence-corrected chi connectivity index (χ0v) is 11.4. The van der Waals surface area contributed by atoms with Crippen LogP contribution in [0.2, 0.25) is 0 Å². The molecule has 0 atom stereocenters. The molecule has 0 radical (unpaired) electrons. The average Bonchev–Trinajstić information content (AvgIpc) is 2.48. The summed E-state index contributed by atoms with van der Waals surface area (Å²) in [6.45, 7) is 2.62. The van der Waals surface area contributed by atoms with E-state index in [4.69, 9.17) is 15.7 Å². The molecule has 0 unspecified atom stereocenters. The van der Waals surface area contributed by atoms with Gasteiger partial charge in [0, 0.05) is 6.42 Å². The fraction of sp³-hybridized carbons (Fsp3) is 0.188. The van der Waals surface area contributed by atoms with E-state index < -0.39 is 0 Å². The van der Waals surface area contributed by atoms with Crippen molar-refractivity contribution in [2.45, 2.75) is 20.0 Å². The lowest BCUT2D eigenvalue weighted by molar-refractivity contribution is 0.305. The van der Waals surface area contributed by atoms with E-state index in [9.17, 15) is 0 Å². The summed E-state index contributed by atoms with van der Waals surface area (Å²) in [5, 5.41) is 11.5. The molecule has 2 aromatic carbocycles. The van der Waals surface area contributed by atoms with E-state index in [1.807, 2.05) is 36.4 Å². The molecule has 0 spiro atoms. The van der Waals surface area contributed by atoms with Crippen molar-refractivity contribution < 1.29 is 9.94 Å². The van der Waals surface area contributed by atoms with Gasteiger partial charge >= 0.3 is 0 Å². The van der Waals surface area contributed by atoms with Gasteiger partial charge in [-0.25, -0.2) is 0 Å². The van der Waals surface area contributed by atoms with Gasteiger partial charge in [0.25, 0.3) is 0 Å². The van der Waals surface area contributed by atoms with Crippen molar-refractivity contribution in [1.82, 2.24) is 0 Å². The minimum absolute atomic E-state index is 0.193. The highest BCUT2D eigenvalue weighted by molar-refractivity contribution is 5.82. The minimum Gasteiger partial charge on any atom is -0.489 e. The lowest BCUT2D eigenvalue weighted by Crippen LogP contribution is -2.14. The summed E-state index contributed by atoms with van der Waals surface area (Å²) >= 11 is 0. The third-order valence-electron chi connectivity index (χ3n) is 3.09. The monoisotopic (exact) mass is 270 g/mol. The van der Waals surface area contributed by atoms with E-state index in [2.05, 4.69) is 24.2 Å². The van der Waals surface area contributed by atoms with E-state index >= 15 is 0 Å². The maximum Gasteiger partial charge on any atom is 0.143 e. The largest absolute Gasteiger partial charge is 0.489 e. The molecule has 20 heavy (non-hydrogen) atoms. The molecule has 0 amide bonds. The Bertz CT molecular complexity index is 592. The molecule has 0 fully saturated rings. The van der Waals surface area contributed by atoms with Gasteiger partial charge in [0.1, 0.15) is 18.2 Å². The van der Waals surface area contributed by atoms with Crippen molar-refractivity contribution in [3.63, 3.8) is 0 Å². The molecule has 4 nitrogen and oxygen atoms in total. The van der Waals surface area contributed by atoms with Crippen molar-refractivity contribution >= 4 is 5.84 Å². The number of hydrogen-bond donors (Lipinski definition) is 2. The Morgan fingerprint density at radius 1 is 1.15 bits per heavy atom. The molecule has 0 aliphatic carbocycles. The lowest BCUT2D eigenvalue weighted by atomic mass is 10.1. The fourth-order valence-electron chi connectivity index (χ4n) is 1.88. The Hall–Kier alpha value is -2.49. The van der Waals surface area contributed by atoms with Gasteiger partial charge in [-0.15, -0.1) is 0 Å². The van der Waals surface area contributed by atoms with E-state index in [0.29, 0.717) is 13.0 Å². The Labute approximate surface area is 118 Å². The van der Waals surface area contributed by atoms with Crippen LogP contribution in [0.5, 0.6) is 5.75 Å². The quantitative estimate of drug-likeness (QED) is 0.380. The summed E-state index contributed by atoms with van der Waals surface area (Å²) in [6.07, 6.45) is 0.425. The standard InChI is InChI=1S/C16H18N2O2/c1-12-4-2-3-5-14(12)11-20-15-8-6-13(7-9-15)10-16(17)18-19/h2-9,19H,10-11H2,1H3,(H2,17,18). The summed E-state index contributed by atoms with van der Waals surface area (Å²) in [6, 6.07) is 15.7. The van der Waals surface area contributed by atoms with Gasteiger partial charge in [-0.3, -0.25) is 0 Å². The van der Waals surface area contributed by atoms with Gasteiger partial charge in [0.15, 0.2) is 0 Å². The highest BCUT2D eigenvalue weighted by Crippen LogP contribution is 2.16. The Kier molecular flexibility index (Phi) is 4.60. The summed E-state index contributed by atoms with van der Waals surface area (Å²) in [5.74, 6) is 0.995. The Morgan fingerprint density at radius 2 is 1.85 bits per heavy atom. The van der Waals surface area contributed by atoms with E-state index in [1.165, 1.54) is 11.1 Å². The Balaban J connectivity index is 1.96. The number of aryl methyl sites for hydroxylation is 1. The van der Waals surface area contributed by atoms with Gasteiger partial charge < -0.3 is 15.7 Å². The number of hydrogen-bond acceptors (Lipinski definition) is 3. The molecule has 2 rings (SSSR count). The number of nitrogens with two attached hydrogens (primary N) is 1. The first-order chi connectivity index (χ1) is 9.69. The van der Waals surface area contributed by atoms with E-state index in [1.54, 1.807) is 0 Å². The molecule has 0 heterocycles. The minimum atomic E-state index is 0.193. The third-order valence-corrected chi connectivity index (χ3v) is 3.09. The van der Waals surface area contributed by atoms with E-state index in [0.717, 1.165) is 11.3 Å². The lowest BCUT2D eigenvalue weighted by Gasteiger charge is -2.09. The van der Waals surface area contributed by atoms with Crippen LogP contribution < -0.4 is 10.5 Å². The summed E-state index contributed by atoms with van der Waals surface area (Å²) < 4.78 is 5.75. The highest BCUT2D eigenvalue weighted by atomic mass is 16.5. The zero-order valence-electron chi connectivity index (χ0n) is 11.4. The molecule has 2 aromatic rings. The first-order valence-electron chi connectivity index (χ1n) is 6.41. The van der Waals surface area contributed by atoms with Crippen LogP contribution >= 0.6 is 0 Å². The number of amidine groups is 1. The topological polar surface area (TPSA) is 67.8 Å². The van der Waals surface area contributed by atoms with E-state index in [-0.39, 0.29) is 5.84 Å². The molecule has 0 aliphatic heterocycles. The molecule has 4 heteroatoms. The van der Waals surface area contributed by atoms with Crippen molar-refractivity contribution in [3.05, 3.63) is 65.2 Å². The maximum atomic E-state index is 8.53. The SMILES string of the molecule is Cc1ccccc1COc1ccc(C/C(N)=N/O)cc1. The van der Waals surface area contributed by atoms with Crippen LogP contribution in [0.1, 0.15) is 16.7 Å². The van der Waals surface area contributed by atoms with Crippen LogP contribution in [0.3, 0.4) is 0 Å². The summed E-state index contributed by atoms with van der Waals surface area (Å²) in [4.78, 5) is 0. The van der Waals surface area contributed by atoms with Crippen LogP contribution in [-0.4, -0.2) is 11.0 Å². The first-order valence-corrected chi connectivity index (χ1v) is 6.41. The summed E-state index contributed by atoms with van der Waals surface area (Å²) in [7, 11) is 0. The molecule has 104 valence electrons.